The van der Waals surface area contributed by atoms with Crippen LogP contribution in [0.1, 0.15) is 0 Å². The van der Waals surface area contributed by atoms with E-state index in [2.05, 4.69) is 0 Å². The first-order valence-electron chi connectivity index (χ1n) is 10.9. The molecule has 0 aromatic heterocycles. The topological polar surface area (TPSA) is 457 Å². The molecule has 0 heterocycles. The Labute approximate surface area is 272 Å². The molecule has 0 amide bonds. The molecule has 3 aromatic carbocycles. The van der Waals surface area contributed by atoms with Crippen molar-refractivity contribution in [2.24, 2.45) is 0 Å². The Morgan fingerprint density at radius 3 is 0.490 bits per heavy atom. The van der Waals surface area contributed by atoms with Gasteiger partial charge in [-0.15, -0.1) is 0 Å². The quantitative estimate of drug-likeness (QED) is 0.170. The van der Waals surface area contributed by atoms with E-state index in [9.17, 15) is 106 Å². The summed E-state index contributed by atoms with van der Waals surface area (Å²) in [5.74, 6) is -4.37. The summed E-state index contributed by atoms with van der Waals surface area (Å²) in [5, 5.41) is 126. The van der Waals surface area contributed by atoms with Gasteiger partial charge in [-0.05, 0) is 0 Å². The summed E-state index contributed by atoms with van der Waals surface area (Å²) in [5.41, 5.74) is -9.79. The molecule has 0 saturated heterocycles. The van der Waals surface area contributed by atoms with Gasteiger partial charge in [0.25, 0.3) is 51.2 Å². The van der Waals surface area contributed by atoms with Gasteiger partial charge in [-0.3, -0.25) is 91.0 Å². The van der Waals surface area contributed by atoms with Crippen molar-refractivity contribution in [3.05, 3.63) is 127 Å². The standard InChI is InChI=1S/3C6H3N3O7.Fe/c3*10-6-4(8(13)14)1-3(7(11)12)2-5(6)9(15)16;/h3*1-2,10H;/q;;;+3/p-3. The van der Waals surface area contributed by atoms with Crippen molar-refractivity contribution in [2.45, 2.75) is 0 Å². The summed E-state index contributed by atoms with van der Waals surface area (Å²) in [6.45, 7) is 0. The van der Waals surface area contributed by atoms with Gasteiger partial charge in [0.05, 0.1) is 98.0 Å². The molecular formula is C18H6FeN9O21. The zero-order valence-corrected chi connectivity index (χ0v) is 23.5. The number of rotatable bonds is 9. The average molecular weight is 740 g/mol. The van der Waals surface area contributed by atoms with Crippen molar-refractivity contribution in [3.63, 3.8) is 0 Å². The second kappa shape index (κ2) is 16.5. The molecule has 257 valence electrons. The summed E-state index contributed by atoms with van der Waals surface area (Å²) < 4.78 is 0. The molecule has 0 bridgehead atoms. The number of benzene rings is 3. The SMILES string of the molecule is O=[N+]([O-])c1cc([N+](=O)[O-])c([O-])c([N+](=O)[O-])c1.O=[N+]([O-])c1cc([N+](=O)[O-])c([O-])c([N+](=O)[O-])c1.O=[N+]([O-])c1cc([N+](=O)[O-])c([O-])c([N+](=O)[O-])c1.[Fe+3]. The number of non-ortho nitro benzene ring substituents is 3. The predicted molar refractivity (Wildman–Crippen MR) is 138 cm³/mol. The van der Waals surface area contributed by atoms with E-state index >= 15 is 0 Å². The summed E-state index contributed by atoms with van der Waals surface area (Å²) in [4.78, 5) is 82.5. The Morgan fingerprint density at radius 1 is 0.286 bits per heavy atom. The Morgan fingerprint density at radius 2 is 0.408 bits per heavy atom. The van der Waals surface area contributed by atoms with Crippen molar-refractivity contribution in [2.75, 3.05) is 0 Å². The first-order valence-corrected chi connectivity index (χ1v) is 10.9. The van der Waals surface area contributed by atoms with E-state index in [-0.39, 0.29) is 17.1 Å². The first kappa shape index (κ1) is 41.2. The Kier molecular flexibility index (Phi) is 13.8. The molecule has 0 saturated carbocycles. The van der Waals surface area contributed by atoms with Crippen molar-refractivity contribution >= 4 is 51.2 Å². The predicted octanol–water partition coefficient (Wildman–Crippen LogP) is 1.45. The molecule has 1 radical (unpaired) electrons. The van der Waals surface area contributed by atoms with Crippen LogP contribution in [0.3, 0.4) is 0 Å². The molecule has 0 atom stereocenters. The summed E-state index contributed by atoms with van der Waals surface area (Å²) in [7, 11) is 0. The van der Waals surface area contributed by atoms with Crippen molar-refractivity contribution in [1.82, 2.24) is 0 Å². The van der Waals surface area contributed by atoms with Crippen molar-refractivity contribution in [1.29, 1.82) is 0 Å². The van der Waals surface area contributed by atoms with Crippen LogP contribution >= 0.6 is 0 Å². The number of nitro benzene ring substituents is 9. The van der Waals surface area contributed by atoms with Crippen LogP contribution in [0.2, 0.25) is 0 Å². The second-order valence-corrected chi connectivity index (χ2v) is 7.75. The molecule has 0 fully saturated rings. The third-order valence-electron chi connectivity index (χ3n) is 4.92. The van der Waals surface area contributed by atoms with Crippen LogP contribution in [0.4, 0.5) is 51.2 Å². The monoisotopic (exact) mass is 740 g/mol. The fourth-order valence-corrected chi connectivity index (χ4v) is 2.88. The summed E-state index contributed by atoms with van der Waals surface area (Å²) >= 11 is 0. The van der Waals surface area contributed by atoms with Crippen LogP contribution in [0.5, 0.6) is 17.2 Å². The minimum atomic E-state index is -1.46. The third-order valence-corrected chi connectivity index (χ3v) is 4.92. The maximum atomic E-state index is 11.1. The van der Waals surface area contributed by atoms with Crippen LogP contribution in [-0.4, -0.2) is 44.3 Å². The van der Waals surface area contributed by atoms with E-state index in [1.807, 2.05) is 0 Å². The fourth-order valence-electron chi connectivity index (χ4n) is 2.88. The Hall–Kier alpha value is -7.82. The zero-order valence-electron chi connectivity index (χ0n) is 22.4. The van der Waals surface area contributed by atoms with E-state index in [4.69, 9.17) is 0 Å². The smallest absolute Gasteiger partial charge is 0.863 e. The van der Waals surface area contributed by atoms with E-state index < -0.39 is 113 Å². The second-order valence-electron chi connectivity index (χ2n) is 7.75. The van der Waals surface area contributed by atoms with Gasteiger partial charge in [-0.1, -0.05) is 0 Å². The first-order chi connectivity index (χ1) is 22.0. The number of nitro groups is 9. The van der Waals surface area contributed by atoms with Crippen LogP contribution < -0.4 is 15.3 Å². The molecular weight excluding hydrogens is 734 g/mol. The van der Waals surface area contributed by atoms with E-state index in [1.165, 1.54) is 0 Å². The minimum Gasteiger partial charge on any atom is -0.863 e. The van der Waals surface area contributed by atoms with Gasteiger partial charge < -0.3 is 15.3 Å². The van der Waals surface area contributed by atoms with Gasteiger partial charge in [0, 0.05) is 0 Å². The molecule has 3 aromatic rings. The molecule has 0 aliphatic carbocycles. The molecule has 0 aliphatic rings. The Bertz CT molecular complexity index is 1610. The van der Waals surface area contributed by atoms with Gasteiger partial charge in [0.15, 0.2) is 0 Å². The maximum Gasteiger partial charge on any atom is 3.00 e. The minimum absolute atomic E-state index is 0. The van der Waals surface area contributed by atoms with Crippen molar-refractivity contribution in [3.8, 4) is 17.2 Å². The number of nitrogens with zero attached hydrogens (tertiary/aromatic N) is 9. The largest absolute Gasteiger partial charge is 3.00 e. The summed E-state index contributed by atoms with van der Waals surface area (Å²) in [6.07, 6.45) is 0. The molecule has 3 rings (SSSR count). The molecule has 30 nitrogen and oxygen atoms in total. The molecule has 49 heavy (non-hydrogen) atoms. The average Bonchev–Trinajstić information content (AvgIpc) is 2.96. The van der Waals surface area contributed by atoms with Crippen LogP contribution in [0, 0.1) is 91.0 Å². The van der Waals surface area contributed by atoms with Gasteiger partial charge in [0.1, 0.15) is 0 Å². The molecule has 0 unspecified atom stereocenters. The summed E-state index contributed by atoms with van der Waals surface area (Å²) in [6, 6.07) is 2.31. The van der Waals surface area contributed by atoms with Crippen LogP contribution in [-0.2, 0) is 17.1 Å². The molecule has 31 heteroatoms. The third kappa shape index (κ3) is 10.1. The van der Waals surface area contributed by atoms with E-state index in [1.54, 1.807) is 0 Å². The van der Waals surface area contributed by atoms with E-state index in [0.29, 0.717) is 36.4 Å². The Balaban J connectivity index is 0.000000698. The van der Waals surface area contributed by atoms with E-state index in [0.717, 1.165) is 0 Å². The van der Waals surface area contributed by atoms with Crippen LogP contribution in [0.25, 0.3) is 0 Å². The van der Waals surface area contributed by atoms with Gasteiger partial charge >= 0.3 is 17.1 Å². The molecule has 0 N–H and O–H groups in total. The number of hydrogen-bond donors (Lipinski definition) is 0. The van der Waals surface area contributed by atoms with Gasteiger partial charge in [0.2, 0.25) is 0 Å². The van der Waals surface area contributed by atoms with Gasteiger partial charge in [-0.25, -0.2) is 0 Å². The maximum absolute atomic E-state index is 11.1. The van der Waals surface area contributed by atoms with Crippen LogP contribution in [0.15, 0.2) is 36.4 Å². The fraction of sp³-hybridized carbons (Fsp3) is 0. The normalized spacial score (nSPS) is 9.55. The van der Waals surface area contributed by atoms with Crippen molar-refractivity contribution < 1.29 is 76.7 Å². The van der Waals surface area contributed by atoms with Gasteiger partial charge in [-0.2, -0.15) is 0 Å². The molecule has 0 aliphatic heterocycles. The molecule has 0 spiro atoms. The zero-order chi connectivity index (χ0) is 37.4. The number of hydrogen-bond acceptors (Lipinski definition) is 21.